The monoisotopic (exact) mass is 502 g/mol. The largest absolute Gasteiger partial charge is 0.325 e. The summed E-state index contributed by atoms with van der Waals surface area (Å²) in [5, 5.41) is 9.70. The number of anilines is 2. The van der Waals surface area contributed by atoms with Crippen LogP contribution < -0.4 is 16.0 Å². The highest BCUT2D eigenvalue weighted by Crippen LogP contribution is 2.30. The van der Waals surface area contributed by atoms with Crippen molar-refractivity contribution in [3.05, 3.63) is 84.4 Å². The van der Waals surface area contributed by atoms with E-state index in [9.17, 15) is 4.79 Å². The maximum absolute atomic E-state index is 11.9. The molecule has 0 saturated carbocycles. The number of nitrogens with zero attached hydrogens (tertiary/aromatic N) is 3. The summed E-state index contributed by atoms with van der Waals surface area (Å²) in [7, 11) is 0. The van der Waals surface area contributed by atoms with E-state index in [2.05, 4.69) is 72.1 Å². The lowest BCUT2D eigenvalue weighted by Gasteiger charge is -2.14. The Balaban J connectivity index is 2.01. The fraction of sp³-hybridized carbons (Fsp3) is 0.250. The Morgan fingerprint density at radius 1 is 1.22 bits per heavy atom. The molecule has 0 aliphatic rings. The number of nitrogens with one attached hydrogen (secondary N) is 3. The molecule has 1 aromatic heterocycles. The van der Waals surface area contributed by atoms with Gasteiger partial charge in [0.25, 0.3) is 0 Å². The van der Waals surface area contributed by atoms with Crippen LogP contribution in [0.1, 0.15) is 39.2 Å². The first-order chi connectivity index (χ1) is 17.4. The second-order valence-electron chi connectivity index (χ2n) is 8.39. The summed E-state index contributed by atoms with van der Waals surface area (Å²) in [6, 6.07) is 14.3. The molecule has 3 N–H and O–H groups in total. The van der Waals surface area contributed by atoms with Crippen molar-refractivity contribution in [2.45, 2.75) is 46.2 Å². The van der Waals surface area contributed by atoms with E-state index in [0.717, 1.165) is 41.7 Å². The molecule has 7 nitrogen and oxygen atoms in total. The van der Waals surface area contributed by atoms with E-state index in [4.69, 9.17) is 4.98 Å². The molecule has 0 spiro atoms. The minimum Gasteiger partial charge on any atom is -0.325 e. The van der Waals surface area contributed by atoms with Crippen LogP contribution in [-0.4, -0.2) is 27.7 Å². The Morgan fingerprint density at radius 3 is 2.75 bits per heavy atom. The van der Waals surface area contributed by atoms with E-state index in [1.807, 2.05) is 35.8 Å². The molecule has 3 aromatic rings. The van der Waals surface area contributed by atoms with Crippen molar-refractivity contribution in [3.63, 3.8) is 0 Å². The summed E-state index contributed by atoms with van der Waals surface area (Å²) in [4.78, 5) is 17.4. The minimum absolute atomic E-state index is 0.270. The van der Waals surface area contributed by atoms with Crippen LogP contribution in [0, 0.1) is 0 Å². The standard InChI is InChI=1S/C28H34N6OS/c1-7-11-19(4)29-18-22-14-15-26-25(16-22)33-28(31-20(5)21(6)36-30-9-3)34(26)24-13-10-12-23(17-24)32-27(35)8-2/h8-10,12-17,19,29H,2,5-7,11,18H2,1,3-4H3,(H,31,33)(H,32,35)/b30-9-/t19-/m1/s1. The molecule has 0 bridgehead atoms. The number of amides is 1. The first kappa shape index (κ1) is 27.0. The number of fused-ring (bicyclic) bond motifs is 1. The SMILES string of the molecule is C=CC(=O)Nc1cccc(-n2c(NC(=C)C(=C)S/N=C\C)nc3cc(CN[C@H](C)CCC)ccc32)c1. The zero-order valence-corrected chi connectivity index (χ0v) is 22.0. The summed E-state index contributed by atoms with van der Waals surface area (Å²) < 4.78 is 6.18. The van der Waals surface area contributed by atoms with Gasteiger partial charge in [-0.15, -0.1) is 0 Å². The number of benzene rings is 2. The van der Waals surface area contributed by atoms with Crippen LogP contribution >= 0.6 is 11.9 Å². The number of hydrogen-bond acceptors (Lipinski definition) is 6. The fourth-order valence-corrected chi connectivity index (χ4v) is 4.09. The Hall–Kier alpha value is -3.62. The highest BCUT2D eigenvalue weighted by Gasteiger charge is 2.16. The van der Waals surface area contributed by atoms with Crippen molar-refractivity contribution in [3.8, 4) is 5.69 Å². The van der Waals surface area contributed by atoms with Gasteiger partial charge in [-0.3, -0.25) is 9.36 Å². The highest BCUT2D eigenvalue weighted by molar-refractivity contribution is 8.02. The van der Waals surface area contributed by atoms with Crippen LogP contribution in [0.5, 0.6) is 0 Å². The van der Waals surface area contributed by atoms with Crippen LogP contribution in [0.3, 0.4) is 0 Å². The summed E-state index contributed by atoms with van der Waals surface area (Å²) in [6.45, 7) is 18.7. The topological polar surface area (TPSA) is 83.3 Å². The summed E-state index contributed by atoms with van der Waals surface area (Å²) in [5.74, 6) is 0.322. The summed E-state index contributed by atoms with van der Waals surface area (Å²) >= 11 is 1.25. The Morgan fingerprint density at radius 2 is 2.03 bits per heavy atom. The molecule has 8 heteroatoms. The zero-order valence-electron chi connectivity index (χ0n) is 21.2. The van der Waals surface area contributed by atoms with Gasteiger partial charge in [-0.25, -0.2) is 9.38 Å². The molecule has 3 rings (SSSR count). The van der Waals surface area contributed by atoms with Gasteiger partial charge in [0, 0.05) is 47.0 Å². The van der Waals surface area contributed by atoms with Crippen molar-refractivity contribution in [2.24, 2.45) is 4.40 Å². The number of carbonyl (C=O) groups is 1. The molecule has 0 aliphatic heterocycles. The Kier molecular flexibility index (Phi) is 9.67. The second-order valence-corrected chi connectivity index (χ2v) is 9.28. The number of rotatable bonds is 13. The van der Waals surface area contributed by atoms with E-state index in [-0.39, 0.29) is 5.91 Å². The first-order valence-electron chi connectivity index (χ1n) is 11.9. The fourth-order valence-electron chi connectivity index (χ4n) is 3.70. The van der Waals surface area contributed by atoms with E-state index in [0.29, 0.717) is 28.3 Å². The van der Waals surface area contributed by atoms with Crippen LogP contribution in [0.15, 0.2) is 83.3 Å². The highest BCUT2D eigenvalue weighted by atomic mass is 32.2. The molecule has 188 valence electrons. The summed E-state index contributed by atoms with van der Waals surface area (Å²) in [5.41, 5.74) is 5.03. The van der Waals surface area contributed by atoms with Crippen molar-refractivity contribution in [2.75, 3.05) is 10.6 Å². The Labute approximate surface area is 217 Å². The molecule has 2 aromatic carbocycles. The average Bonchev–Trinajstić information content (AvgIpc) is 3.23. The van der Waals surface area contributed by atoms with Crippen LogP contribution in [-0.2, 0) is 11.3 Å². The molecule has 0 aliphatic carbocycles. The van der Waals surface area contributed by atoms with Gasteiger partial charge in [-0.2, -0.15) is 0 Å². The van der Waals surface area contributed by atoms with Gasteiger partial charge in [-0.1, -0.05) is 45.2 Å². The number of aromatic nitrogens is 2. The molecule has 0 radical (unpaired) electrons. The molecule has 0 unspecified atom stereocenters. The summed E-state index contributed by atoms with van der Waals surface area (Å²) in [6.07, 6.45) is 5.24. The zero-order chi connectivity index (χ0) is 26.1. The van der Waals surface area contributed by atoms with Gasteiger partial charge in [0.05, 0.1) is 16.7 Å². The smallest absolute Gasteiger partial charge is 0.247 e. The van der Waals surface area contributed by atoms with E-state index in [1.165, 1.54) is 18.0 Å². The van der Waals surface area contributed by atoms with E-state index >= 15 is 0 Å². The average molecular weight is 503 g/mol. The number of imidazole rings is 1. The van der Waals surface area contributed by atoms with Gasteiger partial charge in [0.15, 0.2) is 0 Å². The Bertz CT molecular complexity index is 1290. The van der Waals surface area contributed by atoms with Gasteiger partial charge in [0.2, 0.25) is 11.9 Å². The lowest BCUT2D eigenvalue weighted by Crippen LogP contribution is -2.25. The van der Waals surface area contributed by atoms with Crippen LogP contribution in [0.2, 0.25) is 0 Å². The van der Waals surface area contributed by atoms with Gasteiger partial charge in [0.1, 0.15) is 0 Å². The molecule has 1 atom stereocenters. The molecule has 0 fully saturated rings. The first-order valence-corrected chi connectivity index (χ1v) is 12.7. The molecule has 1 amide bonds. The van der Waals surface area contributed by atoms with Gasteiger partial charge < -0.3 is 16.0 Å². The predicted molar refractivity (Wildman–Crippen MR) is 155 cm³/mol. The second kappa shape index (κ2) is 12.9. The van der Waals surface area contributed by atoms with Crippen molar-refractivity contribution < 1.29 is 4.79 Å². The maximum atomic E-state index is 11.9. The maximum Gasteiger partial charge on any atom is 0.247 e. The van der Waals surface area contributed by atoms with Crippen molar-refractivity contribution in [1.29, 1.82) is 0 Å². The third-order valence-electron chi connectivity index (χ3n) is 5.52. The number of carbonyl (C=O) groups excluding carboxylic acids is 1. The van der Waals surface area contributed by atoms with Crippen molar-refractivity contribution in [1.82, 2.24) is 14.9 Å². The lowest BCUT2D eigenvalue weighted by molar-refractivity contribution is -0.111. The van der Waals surface area contributed by atoms with Crippen LogP contribution in [0.4, 0.5) is 11.6 Å². The third-order valence-corrected chi connectivity index (χ3v) is 6.30. The predicted octanol–water partition coefficient (Wildman–Crippen LogP) is 6.61. The normalized spacial score (nSPS) is 12.0. The van der Waals surface area contributed by atoms with E-state index in [1.54, 1.807) is 6.21 Å². The van der Waals surface area contributed by atoms with Crippen molar-refractivity contribution >= 4 is 46.7 Å². The molecular formula is C28H34N6OS. The molecule has 1 heterocycles. The number of hydrogen-bond donors (Lipinski definition) is 3. The van der Waals surface area contributed by atoms with Crippen LogP contribution in [0.25, 0.3) is 16.7 Å². The lowest BCUT2D eigenvalue weighted by atomic mass is 10.1. The third kappa shape index (κ3) is 6.96. The van der Waals surface area contributed by atoms with Gasteiger partial charge in [-0.05, 0) is 62.2 Å². The quantitative estimate of drug-likeness (QED) is 0.106. The van der Waals surface area contributed by atoms with E-state index < -0.39 is 0 Å². The molecule has 36 heavy (non-hydrogen) atoms. The van der Waals surface area contributed by atoms with Gasteiger partial charge >= 0.3 is 0 Å². The molecular weight excluding hydrogens is 468 g/mol. The molecule has 0 saturated heterocycles. The minimum atomic E-state index is -0.270.